The zero-order valence-corrected chi connectivity index (χ0v) is 17.8. The first-order valence-electron chi connectivity index (χ1n) is 9.30. The van der Waals surface area contributed by atoms with Crippen molar-refractivity contribution in [1.29, 1.82) is 0 Å². The number of hydrogen-bond donors (Lipinski definition) is 0. The fourth-order valence-corrected chi connectivity index (χ4v) is 3.12. The van der Waals surface area contributed by atoms with Crippen molar-refractivity contribution in [1.82, 2.24) is 4.90 Å². The minimum absolute atomic E-state index is 0.0111. The van der Waals surface area contributed by atoms with Crippen molar-refractivity contribution in [2.45, 2.75) is 32.9 Å². The fourth-order valence-electron chi connectivity index (χ4n) is 2.66. The van der Waals surface area contributed by atoms with Crippen LogP contribution in [0.15, 0.2) is 54.6 Å². The van der Waals surface area contributed by atoms with Crippen molar-refractivity contribution in [3.8, 4) is 5.75 Å². The van der Waals surface area contributed by atoms with Gasteiger partial charge in [-0.05, 0) is 54.8 Å². The van der Waals surface area contributed by atoms with Crippen molar-refractivity contribution in [2.75, 3.05) is 6.26 Å². The van der Waals surface area contributed by atoms with Gasteiger partial charge in [-0.1, -0.05) is 19.1 Å². The van der Waals surface area contributed by atoms with Gasteiger partial charge in [-0.3, -0.25) is 14.9 Å². The molecule has 0 aliphatic carbocycles. The van der Waals surface area contributed by atoms with Crippen LogP contribution in [-0.4, -0.2) is 36.4 Å². The van der Waals surface area contributed by atoms with Gasteiger partial charge in [0.2, 0.25) is 5.91 Å². The predicted molar refractivity (Wildman–Crippen MR) is 114 cm³/mol. The van der Waals surface area contributed by atoms with E-state index in [1.807, 2.05) is 13.8 Å². The molecule has 0 saturated carbocycles. The summed E-state index contributed by atoms with van der Waals surface area (Å²) in [6, 6.07) is 12.4. The SMILES string of the molecule is CCC(C)N(Cc1ccc(OS(C)(=O)=O)cc1)C(=O)/C=C/c1ccc([N+](=O)[O-])cc1. The molecule has 1 atom stereocenters. The van der Waals surface area contributed by atoms with E-state index in [4.69, 9.17) is 4.18 Å². The van der Waals surface area contributed by atoms with E-state index in [2.05, 4.69) is 0 Å². The Hall–Kier alpha value is -3.20. The third-order valence-electron chi connectivity index (χ3n) is 4.45. The molecule has 30 heavy (non-hydrogen) atoms. The van der Waals surface area contributed by atoms with Crippen LogP contribution >= 0.6 is 0 Å². The minimum Gasteiger partial charge on any atom is -0.383 e. The van der Waals surface area contributed by atoms with Gasteiger partial charge >= 0.3 is 10.1 Å². The Morgan fingerprint density at radius 3 is 2.27 bits per heavy atom. The molecule has 1 unspecified atom stereocenters. The first-order valence-corrected chi connectivity index (χ1v) is 11.1. The van der Waals surface area contributed by atoms with Gasteiger partial charge < -0.3 is 9.08 Å². The summed E-state index contributed by atoms with van der Waals surface area (Å²) < 4.78 is 27.2. The quantitative estimate of drug-likeness (QED) is 0.258. The summed E-state index contributed by atoms with van der Waals surface area (Å²) in [5.74, 6) is 0.0138. The van der Waals surface area contributed by atoms with Crippen molar-refractivity contribution in [2.24, 2.45) is 0 Å². The molecule has 160 valence electrons. The average molecular weight is 432 g/mol. The second-order valence-electron chi connectivity index (χ2n) is 6.84. The van der Waals surface area contributed by atoms with Crippen LogP contribution in [0.25, 0.3) is 6.08 Å². The Morgan fingerprint density at radius 1 is 1.17 bits per heavy atom. The van der Waals surface area contributed by atoms with Crippen LogP contribution in [0.3, 0.4) is 0 Å². The summed E-state index contributed by atoms with van der Waals surface area (Å²) in [5, 5.41) is 10.7. The van der Waals surface area contributed by atoms with Crippen molar-refractivity contribution < 1.29 is 22.3 Å². The normalized spacial score (nSPS) is 12.5. The standard InChI is InChI=1S/C21H24N2O6S/c1-4-16(2)22(15-18-7-12-20(13-8-18)29-30(3,27)28)21(24)14-9-17-5-10-19(11-6-17)23(25)26/h5-14,16H,4,15H2,1-3H3/b14-9+. The summed E-state index contributed by atoms with van der Waals surface area (Å²) >= 11 is 0. The number of carbonyl (C=O) groups is 1. The molecule has 0 aromatic heterocycles. The van der Waals surface area contributed by atoms with Crippen LogP contribution in [0.1, 0.15) is 31.4 Å². The summed E-state index contributed by atoms with van der Waals surface area (Å²) in [6.07, 6.45) is 4.78. The molecule has 0 aliphatic rings. The van der Waals surface area contributed by atoms with Gasteiger partial charge in [0.05, 0.1) is 11.2 Å². The second-order valence-corrected chi connectivity index (χ2v) is 8.41. The maximum Gasteiger partial charge on any atom is 0.306 e. The molecule has 2 aromatic carbocycles. The third-order valence-corrected chi connectivity index (χ3v) is 4.95. The smallest absolute Gasteiger partial charge is 0.306 e. The molecule has 2 aromatic rings. The van der Waals surface area contributed by atoms with Crippen LogP contribution in [0.5, 0.6) is 5.75 Å². The van der Waals surface area contributed by atoms with Gasteiger partial charge in [0.25, 0.3) is 5.69 Å². The highest BCUT2D eigenvalue weighted by Crippen LogP contribution is 2.18. The van der Waals surface area contributed by atoms with Crippen LogP contribution in [-0.2, 0) is 21.5 Å². The summed E-state index contributed by atoms with van der Waals surface area (Å²) in [5.41, 5.74) is 1.50. The summed E-state index contributed by atoms with van der Waals surface area (Å²) in [4.78, 5) is 24.7. The number of benzene rings is 2. The predicted octanol–water partition coefficient (Wildman–Crippen LogP) is 3.77. The van der Waals surface area contributed by atoms with Gasteiger partial charge in [0, 0.05) is 30.8 Å². The number of non-ortho nitro benzene ring substituents is 1. The Labute approximate surface area is 176 Å². The molecule has 0 bridgehead atoms. The first kappa shape index (κ1) is 23.1. The highest BCUT2D eigenvalue weighted by atomic mass is 32.2. The summed E-state index contributed by atoms with van der Waals surface area (Å²) in [7, 11) is -3.60. The molecule has 0 saturated heterocycles. The lowest BCUT2D eigenvalue weighted by Crippen LogP contribution is -2.36. The van der Waals surface area contributed by atoms with Crippen molar-refractivity contribution >= 4 is 27.8 Å². The number of carbonyl (C=O) groups excluding carboxylic acids is 1. The average Bonchev–Trinajstić information content (AvgIpc) is 2.70. The lowest BCUT2D eigenvalue weighted by molar-refractivity contribution is -0.384. The minimum atomic E-state index is -3.60. The van der Waals surface area contributed by atoms with Gasteiger partial charge in [-0.2, -0.15) is 8.42 Å². The van der Waals surface area contributed by atoms with E-state index in [1.54, 1.807) is 47.4 Å². The third kappa shape index (κ3) is 7.00. The molecule has 0 aliphatic heterocycles. The van der Waals surface area contributed by atoms with E-state index in [-0.39, 0.29) is 23.4 Å². The lowest BCUT2D eigenvalue weighted by Gasteiger charge is -2.27. The number of hydrogen-bond acceptors (Lipinski definition) is 6. The molecule has 0 N–H and O–H groups in total. The molecule has 0 radical (unpaired) electrons. The van der Waals surface area contributed by atoms with Gasteiger partial charge in [0.1, 0.15) is 5.75 Å². The molecule has 0 spiro atoms. The van der Waals surface area contributed by atoms with E-state index in [9.17, 15) is 23.3 Å². The largest absolute Gasteiger partial charge is 0.383 e. The molecular weight excluding hydrogens is 408 g/mol. The van der Waals surface area contributed by atoms with Gasteiger partial charge in [-0.15, -0.1) is 0 Å². The van der Waals surface area contributed by atoms with Crippen LogP contribution < -0.4 is 4.18 Å². The Morgan fingerprint density at radius 2 is 1.77 bits per heavy atom. The van der Waals surface area contributed by atoms with Crippen LogP contribution in [0.4, 0.5) is 5.69 Å². The Balaban J connectivity index is 2.12. The molecule has 9 heteroatoms. The topological polar surface area (TPSA) is 107 Å². The zero-order valence-electron chi connectivity index (χ0n) is 17.0. The number of nitro groups is 1. The van der Waals surface area contributed by atoms with Crippen LogP contribution in [0.2, 0.25) is 0 Å². The second kappa shape index (κ2) is 10.0. The van der Waals surface area contributed by atoms with Gasteiger partial charge in [-0.25, -0.2) is 0 Å². The first-order chi connectivity index (χ1) is 14.1. The number of nitrogens with zero attached hydrogens (tertiary/aromatic N) is 2. The maximum absolute atomic E-state index is 12.8. The highest BCUT2D eigenvalue weighted by molar-refractivity contribution is 7.86. The number of amides is 1. The highest BCUT2D eigenvalue weighted by Gasteiger charge is 2.17. The molecule has 0 fully saturated rings. The fraction of sp³-hybridized carbons (Fsp3) is 0.286. The van der Waals surface area contributed by atoms with E-state index < -0.39 is 15.0 Å². The lowest BCUT2D eigenvalue weighted by atomic mass is 10.1. The molecule has 1 amide bonds. The summed E-state index contributed by atoms with van der Waals surface area (Å²) in [6.45, 7) is 4.27. The van der Waals surface area contributed by atoms with Crippen molar-refractivity contribution in [3.05, 3.63) is 75.8 Å². The van der Waals surface area contributed by atoms with E-state index >= 15 is 0 Å². The number of rotatable bonds is 9. The monoisotopic (exact) mass is 432 g/mol. The van der Waals surface area contributed by atoms with Gasteiger partial charge in [0.15, 0.2) is 0 Å². The van der Waals surface area contributed by atoms with E-state index in [0.717, 1.165) is 18.2 Å². The van der Waals surface area contributed by atoms with E-state index in [1.165, 1.54) is 18.2 Å². The Bertz CT molecular complexity index is 1010. The maximum atomic E-state index is 12.8. The molecule has 2 rings (SSSR count). The zero-order chi connectivity index (χ0) is 22.3. The molecular formula is C21H24N2O6S. The number of nitro benzene ring substituents is 1. The molecule has 8 nitrogen and oxygen atoms in total. The Kier molecular flexibility index (Phi) is 7.71. The molecule has 0 heterocycles. The van der Waals surface area contributed by atoms with Crippen LogP contribution in [0, 0.1) is 10.1 Å². The van der Waals surface area contributed by atoms with Crippen molar-refractivity contribution in [3.63, 3.8) is 0 Å². The van der Waals surface area contributed by atoms with E-state index in [0.29, 0.717) is 12.1 Å².